The molecular formula is C16H28N2O3. The van der Waals surface area contributed by atoms with Crippen LogP contribution in [-0.2, 0) is 9.59 Å². The molecule has 1 amide bonds. The van der Waals surface area contributed by atoms with Crippen molar-refractivity contribution in [3.05, 3.63) is 0 Å². The summed E-state index contributed by atoms with van der Waals surface area (Å²) in [7, 11) is 0. The monoisotopic (exact) mass is 296 g/mol. The van der Waals surface area contributed by atoms with E-state index in [-0.39, 0.29) is 11.9 Å². The molecule has 0 bridgehead atoms. The van der Waals surface area contributed by atoms with Gasteiger partial charge in [-0.15, -0.1) is 0 Å². The normalized spacial score (nSPS) is 24.0. The van der Waals surface area contributed by atoms with Gasteiger partial charge in [0.05, 0.1) is 11.5 Å². The molecule has 5 nitrogen and oxygen atoms in total. The molecule has 0 aromatic carbocycles. The van der Waals surface area contributed by atoms with Crippen LogP contribution < -0.4 is 0 Å². The van der Waals surface area contributed by atoms with E-state index in [1.807, 2.05) is 18.7 Å². The fourth-order valence-corrected chi connectivity index (χ4v) is 3.75. The summed E-state index contributed by atoms with van der Waals surface area (Å²) in [5.74, 6) is -0.451. The first-order valence-electron chi connectivity index (χ1n) is 8.26. The van der Waals surface area contributed by atoms with Gasteiger partial charge in [0, 0.05) is 26.2 Å². The quantitative estimate of drug-likeness (QED) is 0.842. The van der Waals surface area contributed by atoms with Crippen molar-refractivity contribution in [1.29, 1.82) is 0 Å². The maximum absolute atomic E-state index is 12.4. The van der Waals surface area contributed by atoms with Crippen molar-refractivity contribution in [3.8, 4) is 0 Å². The van der Waals surface area contributed by atoms with Crippen molar-refractivity contribution in [2.75, 3.05) is 26.2 Å². The minimum Gasteiger partial charge on any atom is -0.481 e. The van der Waals surface area contributed by atoms with Crippen LogP contribution in [-0.4, -0.2) is 59.0 Å². The highest BCUT2D eigenvalue weighted by Crippen LogP contribution is 2.37. The van der Waals surface area contributed by atoms with Crippen molar-refractivity contribution in [3.63, 3.8) is 0 Å². The highest BCUT2D eigenvalue weighted by Gasteiger charge is 2.42. The maximum Gasteiger partial charge on any atom is 0.309 e. The Labute approximate surface area is 127 Å². The Hall–Kier alpha value is -1.10. The summed E-state index contributed by atoms with van der Waals surface area (Å²) in [5, 5.41) is 9.53. The molecule has 0 aromatic rings. The van der Waals surface area contributed by atoms with Crippen LogP contribution in [0.3, 0.4) is 0 Å². The molecule has 2 saturated heterocycles. The van der Waals surface area contributed by atoms with Crippen LogP contribution in [0, 0.1) is 5.41 Å². The van der Waals surface area contributed by atoms with E-state index in [1.165, 1.54) is 0 Å². The van der Waals surface area contributed by atoms with Crippen LogP contribution in [0.5, 0.6) is 0 Å². The number of hydrogen-bond donors (Lipinski definition) is 1. The average molecular weight is 296 g/mol. The number of rotatable bonds is 5. The first-order chi connectivity index (χ1) is 10.00. The number of carbonyl (C=O) groups excluding carboxylic acids is 1. The molecule has 1 atom stereocenters. The average Bonchev–Trinajstić information content (AvgIpc) is 3.01. The number of likely N-dealkylation sites (tertiary alicyclic amines) is 2. The molecule has 2 aliphatic heterocycles. The topological polar surface area (TPSA) is 60.9 Å². The minimum absolute atomic E-state index is 0.114. The lowest BCUT2D eigenvalue weighted by atomic mass is 9.75. The van der Waals surface area contributed by atoms with E-state index in [9.17, 15) is 14.7 Å². The van der Waals surface area contributed by atoms with Crippen molar-refractivity contribution in [2.24, 2.45) is 5.41 Å². The molecule has 1 N–H and O–H groups in total. The summed E-state index contributed by atoms with van der Waals surface area (Å²) < 4.78 is 0. The van der Waals surface area contributed by atoms with Gasteiger partial charge in [0.15, 0.2) is 0 Å². The Bertz CT molecular complexity index is 383. The second-order valence-corrected chi connectivity index (χ2v) is 6.58. The summed E-state index contributed by atoms with van der Waals surface area (Å²) in [5.41, 5.74) is -0.568. The lowest BCUT2D eigenvalue weighted by Crippen LogP contribution is -2.52. The van der Waals surface area contributed by atoms with E-state index in [1.54, 1.807) is 0 Å². The van der Waals surface area contributed by atoms with Crippen LogP contribution in [0.2, 0.25) is 0 Å². The number of piperidine rings is 1. The van der Waals surface area contributed by atoms with Gasteiger partial charge in [-0.05, 0) is 39.0 Å². The molecule has 2 aliphatic rings. The Morgan fingerprint density at radius 3 is 2.19 bits per heavy atom. The predicted molar refractivity (Wildman–Crippen MR) is 81.1 cm³/mol. The molecule has 0 radical (unpaired) electrons. The van der Waals surface area contributed by atoms with Crippen LogP contribution in [0.25, 0.3) is 0 Å². The number of nitrogens with zero attached hydrogens (tertiary/aromatic N) is 2. The van der Waals surface area contributed by atoms with E-state index in [4.69, 9.17) is 0 Å². The van der Waals surface area contributed by atoms with Gasteiger partial charge in [-0.1, -0.05) is 13.3 Å². The lowest BCUT2D eigenvalue weighted by Gasteiger charge is -2.41. The van der Waals surface area contributed by atoms with Crippen molar-refractivity contribution in [2.45, 2.75) is 58.4 Å². The van der Waals surface area contributed by atoms with Gasteiger partial charge in [-0.25, -0.2) is 0 Å². The largest absolute Gasteiger partial charge is 0.481 e. The van der Waals surface area contributed by atoms with Gasteiger partial charge in [-0.2, -0.15) is 0 Å². The number of carboxylic acid groups (broad SMARTS) is 1. The second-order valence-electron chi connectivity index (χ2n) is 6.58. The first-order valence-corrected chi connectivity index (χ1v) is 8.26. The molecule has 21 heavy (non-hydrogen) atoms. The van der Waals surface area contributed by atoms with E-state index in [0.29, 0.717) is 25.9 Å². The third-order valence-electron chi connectivity index (χ3n) is 5.26. The van der Waals surface area contributed by atoms with Crippen LogP contribution in [0.15, 0.2) is 0 Å². The molecule has 2 fully saturated rings. The fraction of sp³-hybridized carbons (Fsp3) is 0.875. The molecule has 2 heterocycles. The summed E-state index contributed by atoms with van der Waals surface area (Å²) in [6.45, 7) is 7.20. The van der Waals surface area contributed by atoms with Gasteiger partial charge in [0.25, 0.3) is 0 Å². The number of carboxylic acids is 1. The van der Waals surface area contributed by atoms with Gasteiger partial charge in [0.2, 0.25) is 5.91 Å². The Kier molecular flexibility index (Phi) is 5.25. The van der Waals surface area contributed by atoms with Crippen LogP contribution in [0.1, 0.15) is 52.4 Å². The molecule has 0 spiro atoms. The van der Waals surface area contributed by atoms with Crippen molar-refractivity contribution in [1.82, 2.24) is 9.80 Å². The SMILES string of the molecule is CCCC1(C(=O)O)CCN(C(C)C(=O)N2CCCC2)CC1. The predicted octanol–water partition coefficient (Wildman–Crippen LogP) is 1.96. The Morgan fingerprint density at radius 1 is 1.14 bits per heavy atom. The Balaban J connectivity index is 1.93. The molecule has 5 heteroatoms. The molecule has 0 aromatic heterocycles. The lowest BCUT2D eigenvalue weighted by molar-refractivity contribution is -0.153. The van der Waals surface area contributed by atoms with E-state index in [2.05, 4.69) is 4.90 Å². The van der Waals surface area contributed by atoms with Gasteiger partial charge in [-0.3, -0.25) is 14.5 Å². The third kappa shape index (κ3) is 3.39. The van der Waals surface area contributed by atoms with Crippen molar-refractivity contribution < 1.29 is 14.7 Å². The smallest absolute Gasteiger partial charge is 0.309 e. The summed E-state index contributed by atoms with van der Waals surface area (Å²) in [6, 6.07) is -0.114. The summed E-state index contributed by atoms with van der Waals surface area (Å²) >= 11 is 0. The number of hydrogen-bond acceptors (Lipinski definition) is 3. The molecule has 0 aliphatic carbocycles. The number of carbonyl (C=O) groups is 2. The number of amides is 1. The molecular weight excluding hydrogens is 268 g/mol. The molecule has 0 saturated carbocycles. The second kappa shape index (κ2) is 6.77. The minimum atomic E-state index is -0.664. The standard InChI is InChI=1S/C16H28N2O3/c1-3-6-16(15(20)21)7-11-17(12-8-16)13(2)14(19)18-9-4-5-10-18/h13H,3-12H2,1-2H3,(H,20,21). The van der Waals surface area contributed by atoms with Gasteiger partial charge >= 0.3 is 5.97 Å². The van der Waals surface area contributed by atoms with Gasteiger partial charge < -0.3 is 10.0 Å². The molecule has 1 unspecified atom stereocenters. The number of aliphatic carboxylic acids is 1. The Morgan fingerprint density at radius 2 is 1.71 bits per heavy atom. The van der Waals surface area contributed by atoms with Crippen LogP contribution in [0.4, 0.5) is 0 Å². The highest BCUT2D eigenvalue weighted by molar-refractivity contribution is 5.81. The van der Waals surface area contributed by atoms with E-state index >= 15 is 0 Å². The summed E-state index contributed by atoms with van der Waals surface area (Å²) in [4.78, 5) is 28.1. The zero-order valence-corrected chi connectivity index (χ0v) is 13.3. The summed E-state index contributed by atoms with van der Waals surface area (Å²) in [6.07, 6.45) is 5.18. The zero-order chi connectivity index (χ0) is 15.5. The third-order valence-corrected chi connectivity index (χ3v) is 5.26. The molecule has 2 rings (SSSR count). The van der Waals surface area contributed by atoms with Crippen molar-refractivity contribution >= 4 is 11.9 Å². The van der Waals surface area contributed by atoms with E-state index in [0.717, 1.165) is 38.8 Å². The maximum atomic E-state index is 12.4. The molecule has 120 valence electrons. The highest BCUT2D eigenvalue weighted by atomic mass is 16.4. The van der Waals surface area contributed by atoms with Crippen LogP contribution >= 0.6 is 0 Å². The fourth-order valence-electron chi connectivity index (χ4n) is 3.75. The van der Waals surface area contributed by atoms with E-state index < -0.39 is 11.4 Å². The van der Waals surface area contributed by atoms with Gasteiger partial charge in [0.1, 0.15) is 0 Å². The first kappa shape index (κ1) is 16.3. The zero-order valence-electron chi connectivity index (χ0n) is 13.3.